The maximum absolute atomic E-state index is 13.4. The number of thioether (sulfide) groups is 1. The van der Waals surface area contributed by atoms with E-state index in [1.807, 2.05) is 46.0 Å². The minimum absolute atomic E-state index is 0.283. The molecule has 4 aromatic rings. The Labute approximate surface area is 159 Å². The molecule has 2 aromatic heterocycles. The monoisotopic (exact) mass is 384 g/mol. The van der Waals surface area contributed by atoms with Crippen LogP contribution in [0, 0.1) is 5.82 Å². The van der Waals surface area contributed by atoms with Gasteiger partial charge >= 0.3 is 0 Å². The van der Waals surface area contributed by atoms with Gasteiger partial charge in [0.05, 0.1) is 17.7 Å². The number of halogens is 2. The van der Waals surface area contributed by atoms with Crippen molar-refractivity contribution in [2.24, 2.45) is 0 Å². The number of hydrogen-bond acceptors (Lipinski definition) is 3. The van der Waals surface area contributed by atoms with Crippen LogP contribution in [0.25, 0.3) is 22.6 Å². The Balaban J connectivity index is 2.02. The van der Waals surface area contributed by atoms with Gasteiger partial charge in [0.1, 0.15) is 16.5 Å². The third kappa shape index (κ3) is 3.02. The summed E-state index contributed by atoms with van der Waals surface area (Å²) in [6.45, 7) is 0. The summed E-state index contributed by atoms with van der Waals surface area (Å²) in [7, 11) is 0. The number of rotatable bonds is 4. The van der Waals surface area contributed by atoms with Crippen LogP contribution in [-0.4, -0.2) is 25.6 Å². The highest BCUT2D eigenvalue weighted by atomic mass is 35.5. The molecule has 2 heterocycles. The molecule has 0 amide bonds. The zero-order valence-corrected chi connectivity index (χ0v) is 15.4. The number of imidazole rings is 1. The van der Waals surface area contributed by atoms with Gasteiger partial charge in [-0.05, 0) is 42.7 Å². The Hall–Kier alpha value is -2.57. The van der Waals surface area contributed by atoms with Crippen molar-refractivity contribution < 1.29 is 4.39 Å². The molecule has 0 aliphatic carbocycles. The van der Waals surface area contributed by atoms with Crippen LogP contribution in [-0.2, 0) is 0 Å². The van der Waals surface area contributed by atoms with Crippen molar-refractivity contribution in [1.29, 1.82) is 0 Å². The Morgan fingerprint density at radius 3 is 2.38 bits per heavy atom. The molecule has 0 aliphatic rings. The minimum atomic E-state index is -0.283. The molecule has 0 radical (unpaired) electrons. The quantitative estimate of drug-likeness (QED) is 0.451. The van der Waals surface area contributed by atoms with Gasteiger partial charge in [0.25, 0.3) is 0 Å². The van der Waals surface area contributed by atoms with E-state index in [9.17, 15) is 4.39 Å². The van der Waals surface area contributed by atoms with Crippen molar-refractivity contribution in [3.63, 3.8) is 0 Å². The maximum atomic E-state index is 13.4. The van der Waals surface area contributed by atoms with E-state index in [0.717, 1.165) is 27.7 Å². The lowest BCUT2D eigenvalue weighted by Crippen LogP contribution is -2.01. The van der Waals surface area contributed by atoms with Gasteiger partial charge in [0.15, 0.2) is 0 Å². The molecule has 0 atom stereocenters. The van der Waals surface area contributed by atoms with Crippen molar-refractivity contribution >= 4 is 23.4 Å². The van der Waals surface area contributed by atoms with Crippen molar-refractivity contribution in [2.75, 3.05) is 6.26 Å². The second kappa shape index (κ2) is 6.97. The fourth-order valence-corrected chi connectivity index (χ4v) is 3.47. The lowest BCUT2D eigenvalue weighted by Gasteiger charge is -2.11. The molecule has 130 valence electrons. The van der Waals surface area contributed by atoms with Crippen LogP contribution in [0.4, 0.5) is 4.39 Å². The average molecular weight is 385 g/mol. The summed E-state index contributed by atoms with van der Waals surface area (Å²) in [5.41, 5.74) is 3.53. The topological polar surface area (TPSA) is 35.6 Å². The highest BCUT2D eigenvalue weighted by Gasteiger charge is 2.21. The normalized spacial score (nSPS) is 11.0. The van der Waals surface area contributed by atoms with E-state index >= 15 is 0 Å². The van der Waals surface area contributed by atoms with Crippen molar-refractivity contribution in [2.45, 2.75) is 5.03 Å². The fraction of sp³-hybridized carbons (Fsp3) is 0.0526. The third-order valence-electron chi connectivity index (χ3n) is 3.97. The summed E-state index contributed by atoms with van der Waals surface area (Å²) in [6, 6.07) is 13.9. The molecule has 4 rings (SSSR count). The van der Waals surface area contributed by atoms with E-state index < -0.39 is 0 Å². The van der Waals surface area contributed by atoms with E-state index in [-0.39, 0.29) is 5.82 Å². The first-order valence-electron chi connectivity index (χ1n) is 7.84. The zero-order chi connectivity index (χ0) is 18.1. The van der Waals surface area contributed by atoms with Crippen molar-refractivity contribution in [3.8, 4) is 22.6 Å². The van der Waals surface area contributed by atoms with Crippen LogP contribution in [0.15, 0.2) is 72.3 Å². The van der Waals surface area contributed by atoms with Gasteiger partial charge < -0.3 is 4.57 Å². The summed E-state index contributed by atoms with van der Waals surface area (Å²) < 4.78 is 17.1. The van der Waals surface area contributed by atoms with Gasteiger partial charge in [-0.1, -0.05) is 23.7 Å². The molecule has 0 bridgehead atoms. The largest absolute Gasteiger partial charge is 0.302 e. The highest BCUT2D eigenvalue weighted by molar-refractivity contribution is 7.98. The molecule has 0 unspecified atom stereocenters. The number of nitrogens with zero attached hydrogens (tertiary/aromatic N) is 4. The van der Waals surface area contributed by atoms with Crippen LogP contribution < -0.4 is 0 Å². The third-order valence-corrected chi connectivity index (χ3v) is 4.89. The second-order valence-electron chi connectivity index (χ2n) is 5.57. The van der Waals surface area contributed by atoms with E-state index in [1.54, 1.807) is 36.4 Å². The molecule has 0 saturated carbocycles. The first kappa shape index (κ1) is 16.9. The molecule has 0 saturated heterocycles. The first-order chi connectivity index (χ1) is 12.7. The summed E-state index contributed by atoms with van der Waals surface area (Å²) in [4.78, 5) is 4.16. The Kier molecular flexibility index (Phi) is 4.53. The zero-order valence-electron chi connectivity index (χ0n) is 13.8. The molecule has 2 aromatic carbocycles. The molecule has 0 spiro atoms. The van der Waals surface area contributed by atoms with Crippen LogP contribution in [0.2, 0.25) is 5.02 Å². The molecular weight excluding hydrogens is 371 g/mol. The Morgan fingerprint density at radius 1 is 1.04 bits per heavy atom. The predicted octanol–water partition coefficient (Wildman–Crippen LogP) is 5.24. The molecule has 0 fully saturated rings. The van der Waals surface area contributed by atoms with Gasteiger partial charge in [-0.15, -0.1) is 11.8 Å². The van der Waals surface area contributed by atoms with Crippen molar-refractivity contribution in [3.05, 3.63) is 78.1 Å². The number of aromatic nitrogens is 4. The van der Waals surface area contributed by atoms with Gasteiger partial charge in [0, 0.05) is 23.0 Å². The second-order valence-corrected chi connectivity index (χ2v) is 6.80. The summed E-state index contributed by atoms with van der Waals surface area (Å²) >= 11 is 7.61. The predicted molar refractivity (Wildman–Crippen MR) is 103 cm³/mol. The molecule has 0 aliphatic heterocycles. The van der Waals surface area contributed by atoms with Gasteiger partial charge in [0.2, 0.25) is 0 Å². The fourth-order valence-electron chi connectivity index (χ4n) is 2.79. The SMILES string of the molecule is CSc1nn(-c2ccc(F)cc2)c(-c2ccc(Cl)cc2)c1-n1ccnc1. The van der Waals surface area contributed by atoms with Crippen molar-refractivity contribution in [1.82, 2.24) is 19.3 Å². The van der Waals surface area contributed by atoms with Gasteiger partial charge in [-0.25, -0.2) is 14.1 Å². The first-order valence-corrected chi connectivity index (χ1v) is 9.45. The lowest BCUT2D eigenvalue weighted by molar-refractivity contribution is 0.627. The number of benzene rings is 2. The van der Waals surface area contributed by atoms with Crippen LogP contribution in [0.1, 0.15) is 0 Å². The van der Waals surface area contributed by atoms with Gasteiger partial charge in [-0.3, -0.25) is 0 Å². The van der Waals surface area contributed by atoms with Gasteiger partial charge in [-0.2, -0.15) is 5.10 Å². The van der Waals surface area contributed by atoms with Crippen LogP contribution in [0.5, 0.6) is 0 Å². The molecular formula is C19H14ClFN4S. The average Bonchev–Trinajstić information content (AvgIpc) is 3.30. The Bertz CT molecular complexity index is 1020. The molecule has 4 nitrogen and oxygen atoms in total. The maximum Gasteiger partial charge on any atom is 0.143 e. The molecule has 7 heteroatoms. The summed E-state index contributed by atoms with van der Waals surface area (Å²) in [5.74, 6) is -0.283. The highest BCUT2D eigenvalue weighted by Crippen LogP contribution is 2.36. The van der Waals surface area contributed by atoms with Crippen LogP contribution >= 0.6 is 23.4 Å². The molecule has 26 heavy (non-hydrogen) atoms. The Morgan fingerprint density at radius 2 is 1.77 bits per heavy atom. The van der Waals surface area contributed by atoms with E-state index in [1.165, 1.54) is 12.1 Å². The summed E-state index contributed by atoms with van der Waals surface area (Å²) in [6.07, 6.45) is 7.32. The number of hydrogen-bond donors (Lipinski definition) is 0. The molecule has 0 N–H and O–H groups in total. The smallest absolute Gasteiger partial charge is 0.143 e. The van der Waals surface area contributed by atoms with E-state index in [2.05, 4.69) is 4.98 Å². The summed E-state index contributed by atoms with van der Waals surface area (Å²) in [5, 5.41) is 6.27. The van der Waals surface area contributed by atoms with Crippen LogP contribution in [0.3, 0.4) is 0 Å². The van der Waals surface area contributed by atoms with E-state index in [4.69, 9.17) is 16.7 Å². The minimum Gasteiger partial charge on any atom is -0.302 e. The standard InChI is InChI=1S/C19H14ClFN4S/c1-26-19-18(24-11-10-22-12-24)17(13-2-4-14(20)5-3-13)25(23-19)16-8-6-15(21)7-9-16/h2-12H,1H3. The van der Waals surface area contributed by atoms with E-state index in [0.29, 0.717) is 5.02 Å². The lowest BCUT2D eigenvalue weighted by atomic mass is 10.1.